The van der Waals surface area contributed by atoms with E-state index in [1.807, 2.05) is 13.8 Å². The van der Waals surface area contributed by atoms with Gasteiger partial charge in [0.15, 0.2) is 5.84 Å². The van der Waals surface area contributed by atoms with Gasteiger partial charge in [-0.15, -0.1) is 0 Å². The number of alkyl halides is 2. The first kappa shape index (κ1) is 28.7. The van der Waals surface area contributed by atoms with Gasteiger partial charge in [0.2, 0.25) is 0 Å². The monoisotopic (exact) mass is 587 g/mol. The van der Waals surface area contributed by atoms with Crippen LogP contribution in [0.2, 0.25) is 0 Å². The Labute approximate surface area is 240 Å². The van der Waals surface area contributed by atoms with E-state index < -0.39 is 36.4 Å². The minimum absolute atomic E-state index is 0.0583. The number of likely N-dealkylation sites (tertiary alicyclic amines) is 1. The lowest BCUT2D eigenvalue weighted by molar-refractivity contribution is 0.0120. The van der Waals surface area contributed by atoms with Gasteiger partial charge in [-0.05, 0) is 58.2 Å². The number of ether oxygens (including phenoxy) is 1. The van der Waals surface area contributed by atoms with Gasteiger partial charge in [0.25, 0.3) is 11.8 Å². The molecule has 1 N–H and O–H groups in total. The van der Waals surface area contributed by atoms with Crippen molar-refractivity contribution in [2.75, 3.05) is 20.2 Å². The van der Waals surface area contributed by atoms with E-state index in [0.29, 0.717) is 28.3 Å². The third kappa shape index (κ3) is 5.20. The maximum absolute atomic E-state index is 14.0. The van der Waals surface area contributed by atoms with E-state index in [1.54, 1.807) is 40.1 Å². The van der Waals surface area contributed by atoms with Crippen molar-refractivity contribution in [1.82, 2.24) is 29.8 Å². The van der Waals surface area contributed by atoms with E-state index in [-0.39, 0.29) is 35.9 Å². The predicted octanol–water partition coefficient (Wildman–Crippen LogP) is 4.62. The number of amidine groups is 1. The Bertz CT molecular complexity index is 1550. The van der Waals surface area contributed by atoms with Gasteiger partial charge in [-0.1, -0.05) is 0 Å². The van der Waals surface area contributed by atoms with Crippen LogP contribution in [0.5, 0.6) is 5.75 Å². The maximum Gasteiger partial charge on any atom is 0.413 e. The molecule has 11 nitrogen and oxygen atoms in total. The van der Waals surface area contributed by atoms with Crippen molar-refractivity contribution in [2.45, 2.75) is 64.8 Å². The molecule has 41 heavy (non-hydrogen) atoms. The number of halogens is 2. The topological polar surface area (TPSA) is 126 Å². The number of amides is 2. The summed E-state index contributed by atoms with van der Waals surface area (Å²) < 4.78 is 38.0. The van der Waals surface area contributed by atoms with Crippen LogP contribution in [0.25, 0.3) is 11.3 Å². The lowest BCUT2D eigenvalue weighted by Gasteiger charge is -2.33. The lowest BCUT2D eigenvalue weighted by atomic mass is 10.0. The molecule has 4 heterocycles. The SMILES string of the molecule is COc1c(C)cnc(Cn2nc3cc(C(=O)N4CCC(F)(F)C4)c4c-3c(n2)C(N(C(=O)O)C(C)(C)C)=NSC4)c1C. The number of hydrogen-bond donors (Lipinski definition) is 1. The Morgan fingerprint density at radius 3 is 2.59 bits per heavy atom. The average Bonchev–Trinajstić information content (AvgIpc) is 3.37. The number of rotatable bonds is 4. The molecule has 0 radical (unpaired) electrons. The van der Waals surface area contributed by atoms with Crippen LogP contribution in [-0.2, 0) is 12.3 Å². The Morgan fingerprint density at radius 2 is 1.98 bits per heavy atom. The van der Waals surface area contributed by atoms with Gasteiger partial charge in [0.05, 0.1) is 25.0 Å². The molecule has 4 aliphatic rings. The second-order valence-electron chi connectivity index (χ2n) is 11.2. The summed E-state index contributed by atoms with van der Waals surface area (Å²) >= 11 is 1.07. The van der Waals surface area contributed by atoms with E-state index in [4.69, 9.17) is 9.84 Å². The summed E-state index contributed by atoms with van der Waals surface area (Å²) in [6, 6.07) is 1.58. The van der Waals surface area contributed by atoms with Crippen molar-refractivity contribution in [3.8, 4) is 17.0 Å². The molecule has 14 heteroatoms. The van der Waals surface area contributed by atoms with Gasteiger partial charge in [-0.3, -0.25) is 14.7 Å². The van der Waals surface area contributed by atoms with E-state index in [1.165, 1.54) is 4.80 Å². The number of nitrogens with zero attached hydrogens (tertiary/aromatic N) is 7. The van der Waals surface area contributed by atoms with E-state index >= 15 is 0 Å². The second kappa shape index (κ2) is 10.2. The van der Waals surface area contributed by atoms with Gasteiger partial charge in [-0.25, -0.2) is 13.6 Å². The first-order valence-corrected chi connectivity index (χ1v) is 14.0. The standard InChI is InChI=1S/C27H31F2N7O4S/c1-14-10-30-19(15(2)22(14)40-6)11-35-31-18-9-16(24(37)34-8-7-27(28,29)13-34)17-12-41-33-23(21(32-35)20(17)18)36(25(38)39)26(3,4)5/h9-10H,7-8,11-13H2,1-6H3,(H,38,39). The van der Waals surface area contributed by atoms with E-state index in [9.17, 15) is 23.5 Å². The van der Waals surface area contributed by atoms with Crippen LogP contribution in [0.3, 0.4) is 0 Å². The number of hydrogen-bond acceptors (Lipinski definition) is 8. The highest BCUT2D eigenvalue weighted by atomic mass is 32.2. The van der Waals surface area contributed by atoms with Crippen LogP contribution in [0, 0.1) is 13.8 Å². The zero-order valence-electron chi connectivity index (χ0n) is 23.7. The number of aromatic nitrogens is 4. The van der Waals surface area contributed by atoms with Gasteiger partial charge in [0.1, 0.15) is 18.0 Å². The molecule has 1 fully saturated rings. The number of aryl methyl sites for hydroxylation is 1. The number of carbonyl (C=O) groups excluding carboxylic acids is 1. The van der Waals surface area contributed by atoms with Crippen molar-refractivity contribution >= 4 is 29.8 Å². The minimum atomic E-state index is -2.94. The van der Waals surface area contributed by atoms with Crippen LogP contribution in [0.15, 0.2) is 16.7 Å². The molecule has 0 saturated carbocycles. The summed E-state index contributed by atoms with van der Waals surface area (Å²) in [5.74, 6) is -2.47. The Morgan fingerprint density at radius 1 is 1.24 bits per heavy atom. The highest BCUT2D eigenvalue weighted by Crippen LogP contribution is 2.41. The zero-order chi connectivity index (χ0) is 29.9. The molecule has 0 atom stereocenters. The van der Waals surface area contributed by atoms with Crippen molar-refractivity contribution in [3.63, 3.8) is 0 Å². The molecule has 0 aromatic carbocycles. The Kier molecular flexibility index (Phi) is 7.16. The molecular formula is C27H31F2N7O4S. The van der Waals surface area contributed by atoms with Crippen LogP contribution in [0.1, 0.15) is 65.6 Å². The molecule has 3 aliphatic heterocycles. The largest absolute Gasteiger partial charge is 0.496 e. The predicted molar refractivity (Wildman–Crippen MR) is 149 cm³/mol. The first-order valence-electron chi connectivity index (χ1n) is 13.0. The molecule has 1 aromatic rings. The zero-order valence-corrected chi connectivity index (χ0v) is 24.5. The van der Waals surface area contributed by atoms with Crippen molar-refractivity contribution in [1.29, 1.82) is 0 Å². The first-order chi connectivity index (χ1) is 19.2. The number of carboxylic acid groups (broad SMARTS) is 1. The van der Waals surface area contributed by atoms with Crippen LogP contribution < -0.4 is 4.74 Å². The molecule has 0 spiro atoms. The highest BCUT2D eigenvalue weighted by Gasteiger charge is 2.43. The van der Waals surface area contributed by atoms with Crippen molar-refractivity contribution in [2.24, 2.45) is 4.40 Å². The van der Waals surface area contributed by atoms with E-state index in [0.717, 1.165) is 32.9 Å². The number of methoxy groups -OCH3 is 1. The summed E-state index contributed by atoms with van der Waals surface area (Å²) in [4.78, 5) is 34.2. The summed E-state index contributed by atoms with van der Waals surface area (Å²) in [5, 5.41) is 19.6. The summed E-state index contributed by atoms with van der Waals surface area (Å²) in [6.07, 6.45) is 0.0716. The fourth-order valence-corrected chi connectivity index (χ4v) is 6.08. The van der Waals surface area contributed by atoms with E-state index in [2.05, 4.69) is 14.5 Å². The molecule has 0 bridgehead atoms. The Balaban J connectivity index is 1.69. The van der Waals surface area contributed by atoms with Gasteiger partial charge in [0, 0.05) is 52.7 Å². The Hall–Kier alpha value is -3.81. The minimum Gasteiger partial charge on any atom is -0.496 e. The van der Waals surface area contributed by atoms with Crippen LogP contribution in [0.4, 0.5) is 13.6 Å². The fourth-order valence-electron chi connectivity index (χ4n) is 5.30. The molecule has 0 unspecified atom stereocenters. The highest BCUT2D eigenvalue weighted by molar-refractivity contribution is 7.97. The fraction of sp³-hybridized carbons (Fsp3) is 0.481. The van der Waals surface area contributed by atoms with Gasteiger partial charge in [-0.2, -0.15) is 19.4 Å². The lowest BCUT2D eigenvalue weighted by Crippen LogP contribution is -2.49. The average molecular weight is 588 g/mol. The smallest absolute Gasteiger partial charge is 0.413 e. The molecule has 5 rings (SSSR count). The normalized spacial score (nSPS) is 16.5. The maximum atomic E-state index is 14.0. The van der Waals surface area contributed by atoms with Crippen molar-refractivity contribution < 1.29 is 28.2 Å². The van der Waals surface area contributed by atoms with Gasteiger partial charge >= 0.3 is 6.09 Å². The molecule has 218 valence electrons. The van der Waals surface area contributed by atoms with Crippen LogP contribution in [-0.4, -0.2) is 84.4 Å². The third-order valence-electron chi connectivity index (χ3n) is 7.21. The summed E-state index contributed by atoms with van der Waals surface area (Å²) in [7, 11) is 1.58. The summed E-state index contributed by atoms with van der Waals surface area (Å²) in [6.45, 7) is 8.40. The van der Waals surface area contributed by atoms with Crippen molar-refractivity contribution in [3.05, 3.63) is 45.9 Å². The quantitative estimate of drug-likeness (QED) is 0.439. The molecule has 2 amide bonds. The number of carbonyl (C=O) groups is 2. The van der Waals surface area contributed by atoms with Gasteiger partial charge < -0.3 is 14.7 Å². The second-order valence-corrected chi connectivity index (χ2v) is 12.0. The molecule has 1 aromatic heterocycles. The molecular weight excluding hydrogens is 556 g/mol. The third-order valence-corrected chi connectivity index (χ3v) is 7.93. The molecule has 1 aliphatic carbocycles. The van der Waals surface area contributed by atoms with Crippen LogP contribution >= 0.6 is 11.9 Å². The summed E-state index contributed by atoms with van der Waals surface area (Å²) in [5.41, 5.74) is 3.28. The number of pyridine rings is 1. The molecule has 1 saturated heterocycles.